The number of methoxy groups -OCH3 is 1. The summed E-state index contributed by atoms with van der Waals surface area (Å²) in [7, 11) is 1.38. The number of H-pyrrole nitrogens is 1. The standard InChI is InChI=1S/C23H22N4O3/c1-13-16(4-5-21(28)30-3)12-25-20(13)11-19-18-10-17(15-6-8-24-9-7-15)14(2)26-22(18)27-23(19)29/h6-12,25H,4-5H2,1-3H3,(H,26,27,29). The van der Waals surface area contributed by atoms with Crippen LogP contribution in [0.2, 0.25) is 0 Å². The molecule has 0 radical (unpaired) electrons. The zero-order chi connectivity index (χ0) is 21.3. The van der Waals surface area contributed by atoms with Gasteiger partial charge in [-0.2, -0.15) is 0 Å². The van der Waals surface area contributed by atoms with Gasteiger partial charge in [0.2, 0.25) is 0 Å². The second-order valence-electron chi connectivity index (χ2n) is 7.19. The Balaban J connectivity index is 1.71. The van der Waals surface area contributed by atoms with Gasteiger partial charge in [0.05, 0.1) is 12.7 Å². The van der Waals surface area contributed by atoms with E-state index < -0.39 is 0 Å². The number of aromatic amines is 1. The Labute approximate surface area is 174 Å². The zero-order valence-electron chi connectivity index (χ0n) is 17.1. The molecular formula is C23H22N4O3. The molecule has 0 fully saturated rings. The van der Waals surface area contributed by atoms with Gasteiger partial charge in [0.25, 0.3) is 5.91 Å². The van der Waals surface area contributed by atoms with Gasteiger partial charge in [0, 0.05) is 47.5 Å². The van der Waals surface area contributed by atoms with Crippen LogP contribution in [0.15, 0.2) is 36.8 Å². The highest BCUT2D eigenvalue weighted by molar-refractivity contribution is 6.34. The number of aryl methyl sites for hydroxylation is 2. The number of pyridine rings is 2. The van der Waals surface area contributed by atoms with Crippen LogP contribution in [0.3, 0.4) is 0 Å². The normalized spacial score (nSPS) is 14.0. The molecule has 0 spiro atoms. The second-order valence-corrected chi connectivity index (χ2v) is 7.19. The van der Waals surface area contributed by atoms with Crippen molar-refractivity contribution in [1.82, 2.24) is 15.0 Å². The minimum Gasteiger partial charge on any atom is -0.469 e. The number of nitrogens with one attached hydrogen (secondary N) is 2. The SMILES string of the molecule is COC(=O)CCc1c[nH]c(C=C2C(=O)Nc3nc(C)c(-c4ccncc4)cc32)c1C. The Morgan fingerprint density at radius 3 is 2.70 bits per heavy atom. The van der Waals surface area contributed by atoms with E-state index in [-0.39, 0.29) is 11.9 Å². The summed E-state index contributed by atoms with van der Waals surface area (Å²) >= 11 is 0. The maximum absolute atomic E-state index is 12.7. The molecule has 30 heavy (non-hydrogen) atoms. The van der Waals surface area contributed by atoms with Crippen molar-refractivity contribution in [2.24, 2.45) is 0 Å². The zero-order valence-corrected chi connectivity index (χ0v) is 17.1. The molecule has 3 aromatic heterocycles. The molecule has 2 N–H and O–H groups in total. The van der Waals surface area contributed by atoms with Crippen molar-refractivity contribution in [3.8, 4) is 11.1 Å². The molecule has 0 aromatic carbocycles. The first-order valence-electron chi connectivity index (χ1n) is 9.67. The van der Waals surface area contributed by atoms with Crippen LogP contribution in [0.25, 0.3) is 22.8 Å². The summed E-state index contributed by atoms with van der Waals surface area (Å²) in [5, 5.41) is 2.86. The lowest BCUT2D eigenvalue weighted by molar-refractivity contribution is -0.140. The molecule has 152 valence electrons. The Morgan fingerprint density at radius 2 is 1.97 bits per heavy atom. The molecule has 1 amide bonds. The largest absolute Gasteiger partial charge is 0.469 e. The summed E-state index contributed by atoms with van der Waals surface area (Å²) in [6.07, 6.45) is 8.07. The highest BCUT2D eigenvalue weighted by Gasteiger charge is 2.27. The lowest BCUT2D eigenvalue weighted by atomic mass is 9.99. The van der Waals surface area contributed by atoms with Crippen molar-refractivity contribution in [2.45, 2.75) is 26.7 Å². The smallest absolute Gasteiger partial charge is 0.305 e. The lowest BCUT2D eigenvalue weighted by Gasteiger charge is -2.08. The van der Waals surface area contributed by atoms with E-state index in [2.05, 4.69) is 20.3 Å². The van der Waals surface area contributed by atoms with Gasteiger partial charge in [0.15, 0.2) is 0 Å². The first-order valence-corrected chi connectivity index (χ1v) is 9.67. The van der Waals surface area contributed by atoms with E-state index in [1.54, 1.807) is 12.4 Å². The van der Waals surface area contributed by atoms with Crippen LogP contribution in [0.5, 0.6) is 0 Å². The summed E-state index contributed by atoms with van der Waals surface area (Å²) in [4.78, 5) is 36.0. The second kappa shape index (κ2) is 7.94. The predicted molar refractivity (Wildman–Crippen MR) is 115 cm³/mol. The highest BCUT2D eigenvalue weighted by Crippen LogP contribution is 2.36. The van der Waals surface area contributed by atoms with Crippen LogP contribution >= 0.6 is 0 Å². The molecule has 0 aliphatic carbocycles. The molecule has 1 aliphatic heterocycles. The van der Waals surface area contributed by atoms with Crippen LogP contribution in [0.4, 0.5) is 5.82 Å². The molecule has 7 heteroatoms. The number of aromatic nitrogens is 3. The maximum Gasteiger partial charge on any atom is 0.305 e. The summed E-state index contributed by atoms with van der Waals surface area (Å²) in [5.74, 6) is 0.134. The van der Waals surface area contributed by atoms with Crippen molar-refractivity contribution < 1.29 is 14.3 Å². The van der Waals surface area contributed by atoms with Crippen LogP contribution in [0, 0.1) is 13.8 Å². The fraction of sp³-hybridized carbons (Fsp3) is 0.217. The van der Waals surface area contributed by atoms with Gasteiger partial charge >= 0.3 is 5.97 Å². The maximum atomic E-state index is 12.7. The van der Waals surface area contributed by atoms with Crippen molar-refractivity contribution in [3.05, 3.63) is 64.9 Å². The average Bonchev–Trinajstić information content (AvgIpc) is 3.25. The Bertz CT molecular complexity index is 1160. The molecule has 4 rings (SSSR count). The van der Waals surface area contributed by atoms with Crippen LogP contribution in [-0.4, -0.2) is 33.9 Å². The van der Waals surface area contributed by atoms with Crippen molar-refractivity contribution in [2.75, 3.05) is 12.4 Å². The number of nitrogens with zero attached hydrogens (tertiary/aromatic N) is 2. The Kier molecular flexibility index (Phi) is 5.18. The fourth-order valence-corrected chi connectivity index (χ4v) is 3.62. The van der Waals surface area contributed by atoms with Crippen LogP contribution in [0.1, 0.15) is 34.5 Å². The summed E-state index contributed by atoms with van der Waals surface area (Å²) < 4.78 is 4.71. The molecule has 7 nitrogen and oxygen atoms in total. The molecule has 4 heterocycles. The van der Waals surface area contributed by atoms with Gasteiger partial charge in [-0.1, -0.05) is 0 Å². The van der Waals surface area contributed by atoms with E-state index in [4.69, 9.17) is 4.74 Å². The van der Waals surface area contributed by atoms with Gasteiger partial charge in [0.1, 0.15) is 5.82 Å². The molecule has 0 saturated heterocycles. The quantitative estimate of drug-likeness (QED) is 0.501. The minimum atomic E-state index is -0.246. The first kappa shape index (κ1) is 19.6. The number of carbonyl (C=O) groups excluding carboxylic acids is 2. The van der Waals surface area contributed by atoms with E-state index >= 15 is 0 Å². The fourth-order valence-electron chi connectivity index (χ4n) is 3.62. The van der Waals surface area contributed by atoms with Crippen molar-refractivity contribution in [1.29, 1.82) is 0 Å². The molecule has 0 bridgehead atoms. The molecule has 3 aromatic rings. The highest BCUT2D eigenvalue weighted by atomic mass is 16.5. The number of hydrogen-bond acceptors (Lipinski definition) is 5. The van der Waals surface area contributed by atoms with Gasteiger partial charge in [-0.05, 0) is 61.2 Å². The number of esters is 1. The topological polar surface area (TPSA) is 97.0 Å². The number of ether oxygens (including phenoxy) is 1. The predicted octanol–water partition coefficient (Wildman–Crippen LogP) is 3.69. The number of hydrogen-bond donors (Lipinski definition) is 2. The minimum absolute atomic E-state index is 0.186. The summed E-state index contributed by atoms with van der Waals surface area (Å²) in [6.45, 7) is 3.89. The lowest BCUT2D eigenvalue weighted by Crippen LogP contribution is -2.04. The van der Waals surface area contributed by atoms with E-state index in [0.717, 1.165) is 39.2 Å². The van der Waals surface area contributed by atoms with Gasteiger partial charge in [-0.3, -0.25) is 14.6 Å². The van der Waals surface area contributed by atoms with E-state index in [0.29, 0.717) is 24.2 Å². The monoisotopic (exact) mass is 402 g/mol. The number of carbonyl (C=O) groups is 2. The van der Waals surface area contributed by atoms with Crippen molar-refractivity contribution in [3.63, 3.8) is 0 Å². The molecule has 0 unspecified atom stereocenters. The third kappa shape index (κ3) is 3.61. The molecular weight excluding hydrogens is 380 g/mol. The van der Waals surface area contributed by atoms with Crippen molar-refractivity contribution >= 4 is 29.3 Å². The van der Waals surface area contributed by atoms with Gasteiger partial charge < -0.3 is 15.0 Å². The Hall–Kier alpha value is -3.74. The van der Waals surface area contributed by atoms with E-state index in [1.807, 2.05) is 44.3 Å². The number of fused-ring (bicyclic) bond motifs is 1. The van der Waals surface area contributed by atoms with Gasteiger partial charge in [-0.15, -0.1) is 0 Å². The number of rotatable bonds is 5. The molecule has 0 atom stereocenters. The number of anilines is 1. The summed E-state index contributed by atoms with van der Waals surface area (Å²) in [5.41, 5.74) is 6.96. The molecule has 1 aliphatic rings. The van der Waals surface area contributed by atoms with Gasteiger partial charge in [-0.25, -0.2) is 4.98 Å². The summed E-state index contributed by atoms with van der Waals surface area (Å²) in [6, 6.07) is 5.84. The van der Waals surface area contributed by atoms with Crippen LogP contribution in [-0.2, 0) is 20.7 Å². The third-order valence-corrected chi connectivity index (χ3v) is 5.37. The van der Waals surface area contributed by atoms with E-state index in [1.165, 1.54) is 7.11 Å². The number of amides is 1. The first-order chi connectivity index (χ1) is 14.5. The van der Waals surface area contributed by atoms with Crippen LogP contribution < -0.4 is 5.32 Å². The third-order valence-electron chi connectivity index (χ3n) is 5.37. The van der Waals surface area contributed by atoms with E-state index in [9.17, 15) is 9.59 Å². The Morgan fingerprint density at radius 1 is 1.20 bits per heavy atom. The average molecular weight is 402 g/mol. The molecule has 0 saturated carbocycles.